The molecule has 7 N–H and O–H groups in total. The van der Waals surface area contributed by atoms with Gasteiger partial charge in [-0.05, 0) is 12.8 Å². The maximum atomic E-state index is 12.0. The van der Waals surface area contributed by atoms with Gasteiger partial charge in [-0.1, -0.05) is 0 Å². The summed E-state index contributed by atoms with van der Waals surface area (Å²) in [6.07, 6.45) is -3.24. The number of carbonyl (C=O) groups excluding carboxylic acids is 1. The molecule has 0 unspecified atom stereocenters. The Morgan fingerprint density at radius 1 is 1.27 bits per heavy atom. The first-order chi connectivity index (χ1) is 14.2. The standard InChI is InChI=1S/C15H21N7O7S/c16-6-2-1-3-8-20-9-12(17)18-5-19-13(9)22(8)15-11(24)10(23)7(29-15)4-28-30(26,27)21-14(6)25/h5-7,10-11,15,23-24H,1-4,16H2,(H,21,25)(H2,17,18,19)/t6-,7-,10-,11-,15-/m1/s1. The smallest absolute Gasteiger partial charge is 0.362 e. The zero-order valence-corrected chi connectivity index (χ0v) is 16.4. The Balaban J connectivity index is 1.77. The highest BCUT2D eigenvalue weighted by Gasteiger charge is 2.46. The number of hydrogen-bond donors (Lipinski definition) is 5. The van der Waals surface area contributed by atoms with Crippen molar-refractivity contribution in [1.29, 1.82) is 0 Å². The minimum Gasteiger partial charge on any atom is -0.387 e. The summed E-state index contributed by atoms with van der Waals surface area (Å²) in [6.45, 7) is -0.647. The predicted molar refractivity (Wildman–Crippen MR) is 99.6 cm³/mol. The molecule has 14 nitrogen and oxygen atoms in total. The van der Waals surface area contributed by atoms with Crippen LogP contribution in [0.4, 0.5) is 5.82 Å². The van der Waals surface area contributed by atoms with Crippen LogP contribution in [-0.2, 0) is 30.4 Å². The number of anilines is 1. The summed E-state index contributed by atoms with van der Waals surface area (Å²) >= 11 is 0. The van der Waals surface area contributed by atoms with Gasteiger partial charge in [0.2, 0.25) is 0 Å². The number of nitrogens with one attached hydrogen (secondary N) is 1. The van der Waals surface area contributed by atoms with Gasteiger partial charge in [-0.2, -0.15) is 8.42 Å². The Kier molecular flexibility index (Phi) is 5.33. The summed E-state index contributed by atoms with van der Waals surface area (Å²) in [5.41, 5.74) is 12.2. The number of ether oxygens (including phenoxy) is 1. The Morgan fingerprint density at radius 3 is 2.80 bits per heavy atom. The molecule has 15 heteroatoms. The number of aryl methyl sites for hydroxylation is 1. The van der Waals surface area contributed by atoms with Crippen LogP contribution in [0, 0.1) is 0 Å². The molecule has 0 radical (unpaired) electrons. The molecule has 0 aromatic carbocycles. The number of aliphatic hydroxyl groups is 2. The quantitative estimate of drug-likeness (QED) is 0.276. The zero-order valence-electron chi connectivity index (χ0n) is 15.6. The van der Waals surface area contributed by atoms with E-state index in [1.807, 2.05) is 0 Å². The molecule has 30 heavy (non-hydrogen) atoms. The normalized spacial score (nSPS) is 32.4. The lowest BCUT2D eigenvalue weighted by molar-refractivity contribution is -0.120. The fourth-order valence-electron chi connectivity index (χ4n) is 3.49. The van der Waals surface area contributed by atoms with Gasteiger partial charge in [0.25, 0.3) is 5.91 Å². The predicted octanol–water partition coefficient (Wildman–Crippen LogP) is -2.93. The minimum absolute atomic E-state index is 0.119. The third-order valence-corrected chi connectivity index (χ3v) is 5.93. The highest BCUT2D eigenvalue weighted by atomic mass is 32.2. The molecular weight excluding hydrogens is 422 g/mol. The van der Waals surface area contributed by atoms with E-state index in [4.69, 9.17) is 20.4 Å². The highest BCUT2D eigenvalue weighted by Crippen LogP contribution is 2.34. The van der Waals surface area contributed by atoms with Crippen LogP contribution < -0.4 is 16.2 Å². The molecule has 0 spiro atoms. The van der Waals surface area contributed by atoms with Gasteiger partial charge in [0.15, 0.2) is 23.2 Å². The van der Waals surface area contributed by atoms with Crippen molar-refractivity contribution in [3.05, 3.63) is 12.2 Å². The fourth-order valence-corrected chi connectivity index (χ4v) is 4.26. The molecule has 2 bridgehead atoms. The third-order valence-electron chi connectivity index (χ3n) is 5.04. The average molecular weight is 443 g/mol. The number of nitrogen functional groups attached to an aromatic ring is 1. The molecule has 1 fully saturated rings. The number of hydrogen-bond acceptors (Lipinski definition) is 12. The van der Waals surface area contributed by atoms with Crippen molar-refractivity contribution in [2.75, 3.05) is 12.3 Å². The van der Waals surface area contributed by atoms with Crippen LogP contribution in [0.3, 0.4) is 0 Å². The van der Waals surface area contributed by atoms with E-state index < -0.39 is 53.4 Å². The maximum absolute atomic E-state index is 12.0. The second-order valence-corrected chi connectivity index (χ2v) is 8.43. The maximum Gasteiger partial charge on any atom is 0.362 e. The van der Waals surface area contributed by atoms with Crippen LogP contribution in [0.5, 0.6) is 0 Å². The van der Waals surface area contributed by atoms with Crippen LogP contribution in [0.1, 0.15) is 24.9 Å². The van der Waals surface area contributed by atoms with Crippen molar-refractivity contribution in [3.8, 4) is 0 Å². The van der Waals surface area contributed by atoms with Crippen LogP contribution >= 0.6 is 0 Å². The van der Waals surface area contributed by atoms with Gasteiger partial charge in [-0.3, -0.25) is 13.5 Å². The number of imidazole rings is 1. The van der Waals surface area contributed by atoms with Crippen LogP contribution in [0.15, 0.2) is 6.33 Å². The summed E-state index contributed by atoms with van der Waals surface area (Å²) in [7, 11) is -4.48. The topological polar surface area (TPSA) is 218 Å². The first-order valence-electron chi connectivity index (χ1n) is 9.13. The van der Waals surface area contributed by atoms with E-state index in [1.165, 1.54) is 10.9 Å². The van der Waals surface area contributed by atoms with Crippen molar-refractivity contribution in [1.82, 2.24) is 24.2 Å². The first kappa shape index (κ1) is 20.8. The minimum atomic E-state index is -4.48. The fraction of sp³-hybridized carbons (Fsp3) is 0.600. The molecule has 2 aromatic heterocycles. The number of nitrogens with two attached hydrogens (primary N) is 2. The largest absolute Gasteiger partial charge is 0.387 e. The van der Waals surface area contributed by atoms with Crippen LogP contribution in [0.2, 0.25) is 0 Å². The Hall–Kier alpha value is -2.43. The summed E-state index contributed by atoms with van der Waals surface area (Å²) in [5.74, 6) is -0.387. The Labute approximate surface area is 170 Å². The van der Waals surface area contributed by atoms with Gasteiger partial charge in [-0.15, -0.1) is 0 Å². The van der Waals surface area contributed by atoms with Gasteiger partial charge in [0.05, 0.1) is 12.6 Å². The van der Waals surface area contributed by atoms with E-state index in [0.29, 0.717) is 12.2 Å². The molecule has 2 aliphatic heterocycles. The van der Waals surface area contributed by atoms with Gasteiger partial charge < -0.3 is 26.4 Å². The summed E-state index contributed by atoms with van der Waals surface area (Å²) in [6, 6.07) is -1.10. The second kappa shape index (κ2) is 7.68. The number of nitrogens with zero attached hydrogens (tertiary/aromatic N) is 4. The average Bonchev–Trinajstić information content (AvgIpc) is 3.18. The van der Waals surface area contributed by atoms with Crippen LogP contribution in [0.25, 0.3) is 11.2 Å². The number of aromatic nitrogens is 4. The van der Waals surface area contributed by atoms with Gasteiger partial charge in [0, 0.05) is 6.42 Å². The lowest BCUT2D eigenvalue weighted by Gasteiger charge is -2.20. The molecule has 1 saturated heterocycles. The lowest BCUT2D eigenvalue weighted by Crippen LogP contribution is -2.45. The van der Waals surface area contributed by atoms with E-state index in [2.05, 4.69) is 15.0 Å². The summed E-state index contributed by atoms with van der Waals surface area (Å²) in [5, 5.41) is 20.9. The molecule has 164 valence electrons. The molecule has 2 aliphatic rings. The van der Waals surface area contributed by atoms with Crippen molar-refractivity contribution >= 4 is 33.2 Å². The monoisotopic (exact) mass is 443 g/mol. The molecule has 2 aromatic rings. The molecule has 5 atom stereocenters. The van der Waals surface area contributed by atoms with Crippen molar-refractivity contribution in [2.24, 2.45) is 5.73 Å². The number of carbonyl (C=O) groups is 1. The summed E-state index contributed by atoms with van der Waals surface area (Å²) in [4.78, 5) is 24.5. The van der Waals surface area contributed by atoms with Gasteiger partial charge >= 0.3 is 10.3 Å². The van der Waals surface area contributed by atoms with Crippen LogP contribution in [-0.4, -0.2) is 75.0 Å². The molecule has 4 heterocycles. The van der Waals surface area contributed by atoms with E-state index in [9.17, 15) is 23.4 Å². The lowest BCUT2D eigenvalue weighted by atomic mass is 10.1. The second-order valence-electron chi connectivity index (χ2n) is 7.08. The Morgan fingerprint density at radius 2 is 2.03 bits per heavy atom. The van der Waals surface area contributed by atoms with E-state index in [0.717, 1.165) is 0 Å². The van der Waals surface area contributed by atoms with E-state index in [1.54, 1.807) is 4.72 Å². The number of rotatable bonds is 0. The van der Waals surface area contributed by atoms with Crippen molar-refractivity contribution in [2.45, 2.75) is 49.8 Å². The van der Waals surface area contributed by atoms with Gasteiger partial charge in [-0.25, -0.2) is 19.7 Å². The molecule has 0 aliphatic carbocycles. The summed E-state index contributed by atoms with van der Waals surface area (Å²) < 4.78 is 37.6. The number of amides is 1. The number of fused-ring (bicyclic) bond motifs is 6. The number of aliphatic hydroxyl groups excluding tert-OH is 2. The third kappa shape index (κ3) is 3.70. The van der Waals surface area contributed by atoms with Gasteiger partial charge in [0.1, 0.15) is 30.5 Å². The first-order valence-corrected chi connectivity index (χ1v) is 10.5. The van der Waals surface area contributed by atoms with E-state index >= 15 is 0 Å². The molecular formula is C15H21N7O7S. The molecule has 4 rings (SSSR count). The Bertz CT molecular complexity index is 1070. The van der Waals surface area contributed by atoms with E-state index in [-0.39, 0.29) is 29.8 Å². The van der Waals surface area contributed by atoms with Crippen molar-refractivity contribution < 1.29 is 32.3 Å². The highest BCUT2D eigenvalue weighted by molar-refractivity contribution is 7.85. The van der Waals surface area contributed by atoms with Crippen molar-refractivity contribution in [3.63, 3.8) is 0 Å². The molecule has 1 amide bonds. The SMILES string of the molecule is Nc1ncnc2c1nc1n2[C@@H]2O[C@H](COS(=O)(=O)NC(=O)[C@H](N)CCC1)[C@@H](O)[C@H]2O. The molecule has 0 saturated carbocycles. The zero-order chi connectivity index (χ0) is 21.6.